The van der Waals surface area contributed by atoms with Gasteiger partial charge < -0.3 is 79.5 Å². The van der Waals surface area contributed by atoms with Crippen LogP contribution < -0.4 is 0 Å². The van der Waals surface area contributed by atoms with Gasteiger partial charge in [0, 0.05) is 0 Å². The number of fused-ring (bicyclic) bond motifs is 7. The quantitative estimate of drug-likeness (QED) is 0.116. The molecule has 0 amide bonds. The van der Waals surface area contributed by atoms with Gasteiger partial charge in [-0.2, -0.15) is 0 Å². The first-order valence-corrected chi connectivity index (χ1v) is 23.7. The van der Waals surface area contributed by atoms with Crippen LogP contribution in [-0.4, -0.2) is 168 Å². The van der Waals surface area contributed by atoms with Crippen LogP contribution in [0.5, 0.6) is 0 Å². The number of aliphatic hydroxyl groups excluding tert-OH is 8. The number of aliphatic carboxylic acids is 2. The molecule has 7 fully saturated rings. The van der Waals surface area contributed by atoms with Gasteiger partial charge in [-0.1, -0.05) is 60.1 Å². The van der Waals surface area contributed by atoms with Crippen molar-refractivity contribution in [2.75, 3.05) is 13.2 Å². The molecule has 18 heteroatoms. The monoisotopic (exact) mass is 926 g/mol. The lowest BCUT2D eigenvalue weighted by Crippen LogP contribution is -2.68. The number of carboxylic acid groups (broad SMARTS) is 2. The zero-order valence-corrected chi connectivity index (χ0v) is 38.7. The number of hydrogen-bond donors (Lipinski definition) is 10. The summed E-state index contributed by atoms with van der Waals surface area (Å²) >= 11 is 0. The molecular weight excluding hydrogens is 852 g/mol. The standard InChI is InChI=1S/C47H74O18/c1-42(2)14-16-47(41(58)59)17-15-45(6)21(22(47)18-42)8-9-26-44(5)12-11-27(43(3,4)25(44)10-13-46(26,45)7)62-40-36(65-39-32(54)30(52)29(51)24(19-48)61-39)34(33(55)35(64-40)37(56)57)63-38-31(53)28(50)23(49)20-60-38/h8,22-36,38-40,48-55H,9-20H2,1-7H3,(H,56,57)(H,58,59)/t22-,23+,24+,25?,26?,27-,28-,29+,30-,31+,32+,33-,34-,35-,36+,38-,39-,40+,44-,45+,46+,47-/m0/s1. The molecule has 4 saturated carbocycles. The summed E-state index contributed by atoms with van der Waals surface area (Å²) in [7, 11) is 0. The Hall–Kier alpha value is -1.88. The molecule has 370 valence electrons. The maximum absolute atomic E-state index is 13.2. The average molecular weight is 927 g/mol. The first kappa shape index (κ1) is 49.5. The van der Waals surface area contributed by atoms with Gasteiger partial charge >= 0.3 is 11.9 Å². The Labute approximate surface area is 380 Å². The first-order chi connectivity index (χ1) is 30.3. The van der Waals surface area contributed by atoms with Crippen LogP contribution in [0.3, 0.4) is 0 Å². The van der Waals surface area contributed by atoms with Crippen molar-refractivity contribution < 1.29 is 89.1 Å². The first-order valence-electron chi connectivity index (χ1n) is 23.7. The van der Waals surface area contributed by atoms with E-state index in [4.69, 9.17) is 28.4 Å². The van der Waals surface area contributed by atoms with Crippen molar-refractivity contribution in [3.05, 3.63) is 11.6 Å². The fourth-order valence-corrected chi connectivity index (χ4v) is 14.8. The maximum Gasteiger partial charge on any atom is 0.335 e. The van der Waals surface area contributed by atoms with E-state index in [1.54, 1.807) is 0 Å². The third kappa shape index (κ3) is 7.76. The van der Waals surface area contributed by atoms with Crippen molar-refractivity contribution in [1.82, 2.24) is 0 Å². The third-order valence-corrected chi connectivity index (χ3v) is 18.9. The molecule has 0 aromatic rings. The molecular formula is C47H74O18. The van der Waals surface area contributed by atoms with Gasteiger partial charge in [0.25, 0.3) is 0 Å². The summed E-state index contributed by atoms with van der Waals surface area (Å²) in [5.74, 6) is -1.95. The average Bonchev–Trinajstić information content (AvgIpc) is 3.23. The lowest BCUT2D eigenvalue weighted by Gasteiger charge is -2.71. The molecule has 5 aliphatic carbocycles. The number of hydrogen-bond acceptors (Lipinski definition) is 16. The summed E-state index contributed by atoms with van der Waals surface area (Å²) < 4.78 is 36.3. The lowest BCUT2D eigenvalue weighted by molar-refractivity contribution is -0.392. The van der Waals surface area contributed by atoms with Gasteiger partial charge in [-0.15, -0.1) is 0 Å². The van der Waals surface area contributed by atoms with Crippen LogP contribution in [0.2, 0.25) is 0 Å². The van der Waals surface area contributed by atoms with Crippen LogP contribution in [0.15, 0.2) is 11.6 Å². The highest BCUT2D eigenvalue weighted by molar-refractivity contribution is 5.76. The molecule has 3 aliphatic heterocycles. The molecule has 65 heavy (non-hydrogen) atoms. The minimum absolute atomic E-state index is 0.0226. The van der Waals surface area contributed by atoms with Crippen LogP contribution in [0.1, 0.15) is 113 Å². The van der Waals surface area contributed by atoms with E-state index < -0.39 is 128 Å². The minimum Gasteiger partial charge on any atom is -0.481 e. The lowest BCUT2D eigenvalue weighted by atomic mass is 9.33. The molecule has 3 saturated heterocycles. The maximum atomic E-state index is 13.2. The fraction of sp³-hybridized carbons (Fsp3) is 0.915. The molecule has 3 heterocycles. The normalized spacial score (nSPS) is 52.8. The van der Waals surface area contributed by atoms with Gasteiger partial charge in [-0.25, -0.2) is 4.79 Å². The molecule has 0 aromatic heterocycles. The molecule has 10 N–H and O–H groups in total. The van der Waals surface area contributed by atoms with Gasteiger partial charge in [-0.3, -0.25) is 4.79 Å². The zero-order chi connectivity index (χ0) is 47.6. The van der Waals surface area contributed by atoms with Crippen LogP contribution in [0, 0.1) is 50.2 Å². The number of carboxylic acids is 2. The van der Waals surface area contributed by atoms with E-state index in [9.17, 15) is 60.7 Å². The Bertz CT molecular complexity index is 1820. The number of ether oxygens (including phenoxy) is 6. The predicted molar refractivity (Wildman–Crippen MR) is 225 cm³/mol. The number of carbonyl (C=O) groups is 2. The summed E-state index contributed by atoms with van der Waals surface area (Å²) in [5.41, 5.74) is -0.489. The van der Waals surface area contributed by atoms with E-state index in [0.717, 1.165) is 44.9 Å². The Balaban J connectivity index is 1.10. The van der Waals surface area contributed by atoms with Crippen molar-refractivity contribution >= 4 is 11.9 Å². The summed E-state index contributed by atoms with van der Waals surface area (Å²) in [6, 6.07) is 0. The molecule has 0 radical (unpaired) electrons. The highest BCUT2D eigenvalue weighted by atomic mass is 16.8. The van der Waals surface area contributed by atoms with Crippen molar-refractivity contribution in [1.29, 1.82) is 0 Å². The van der Waals surface area contributed by atoms with Crippen LogP contribution in [0.25, 0.3) is 0 Å². The van der Waals surface area contributed by atoms with Crippen LogP contribution in [-0.2, 0) is 38.0 Å². The summed E-state index contributed by atoms with van der Waals surface area (Å²) in [6.07, 6.45) is -15.3. The molecule has 0 aromatic carbocycles. The Morgan fingerprint density at radius 1 is 0.692 bits per heavy atom. The molecule has 22 atom stereocenters. The van der Waals surface area contributed by atoms with E-state index in [0.29, 0.717) is 19.3 Å². The highest BCUT2D eigenvalue weighted by Gasteiger charge is 2.70. The second-order valence-electron chi connectivity index (χ2n) is 23.1. The summed E-state index contributed by atoms with van der Waals surface area (Å²) in [6.45, 7) is 14.7. The summed E-state index contributed by atoms with van der Waals surface area (Å²) in [4.78, 5) is 25.9. The predicted octanol–water partition coefficient (Wildman–Crippen LogP) is 1.44. The fourth-order valence-electron chi connectivity index (χ4n) is 14.8. The molecule has 8 aliphatic rings. The van der Waals surface area contributed by atoms with E-state index in [1.165, 1.54) is 5.57 Å². The van der Waals surface area contributed by atoms with Crippen molar-refractivity contribution in [3.8, 4) is 0 Å². The van der Waals surface area contributed by atoms with Gasteiger partial charge in [0.05, 0.1) is 24.7 Å². The molecule has 0 spiro atoms. The summed E-state index contributed by atoms with van der Waals surface area (Å²) in [5, 5.41) is 106. The smallest absolute Gasteiger partial charge is 0.335 e. The second-order valence-corrected chi connectivity index (χ2v) is 23.1. The Kier molecular flexibility index (Phi) is 13.1. The van der Waals surface area contributed by atoms with Gasteiger partial charge in [0.15, 0.2) is 25.0 Å². The van der Waals surface area contributed by atoms with E-state index >= 15 is 0 Å². The Morgan fingerprint density at radius 2 is 1.35 bits per heavy atom. The topological polar surface area (TPSA) is 292 Å². The molecule has 18 nitrogen and oxygen atoms in total. The zero-order valence-electron chi connectivity index (χ0n) is 38.7. The molecule has 0 bridgehead atoms. The van der Waals surface area contributed by atoms with E-state index in [1.807, 2.05) is 0 Å². The number of allylic oxidation sites excluding steroid dienone is 2. The number of aliphatic hydroxyl groups is 8. The van der Waals surface area contributed by atoms with Crippen molar-refractivity contribution in [2.45, 2.75) is 205 Å². The Morgan fingerprint density at radius 3 is 2.02 bits per heavy atom. The SMILES string of the molecule is CC1(C)CC[C@]2(C(=O)O)CC[C@]3(C)C(=CCC4[C@@]5(C)CC[C@H](O[C@@H]6O[C@H](C(=O)O)[C@@H](O)[C@H](O[C@@H]7OC[C@@H](O)[C@H](O)[C@H]7O)[C@H]6O[C@@H]6O[C@H](CO)[C@@H](O)[C@H](O)[C@H]6O)C(C)(C)C5CC[C@]43C)[C@@H]2C1. The largest absolute Gasteiger partial charge is 0.481 e. The van der Waals surface area contributed by atoms with Crippen LogP contribution >= 0.6 is 0 Å². The highest BCUT2D eigenvalue weighted by Crippen LogP contribution is 2.76. The molecule has 2 unspecified atom stereocenters. The van der Waals surface area contributed by atoms with E-state index in [-0.39, 0.29) is 39.4 Å². The van der Waals surface area contributed by atoms with Gasteiger partial charge in [0.1, 0.15) is 61.0 Å². The van der Waals surface area contributed by atoms with E-state index in [2.05, 4.69) is 54.5 Å². The minimum atomic E-state index is -2.05. The third-order valence-electron chi connectivity index (χ3n) is 18.9. The van der Waals surface area contributed by atoms with Gasteiger partial charge in [0.2, 0.25) is 0 Å². The second kappa shape index (κ2) is 17.2. The van der Waals surface area contributed by atoms with Crippen molar-refractivity contribution in [3.63, 3.8) is 0 Å². The van der Waals surface area contributed by atoms with Crippen molar-refractivity contribution in [2.24, 2.45) is 50.2 Å². The molecule has 8 rings (SSSR count). The number of rotatable bonds is 9. The van der Waals surface area contributed by atoms with Gasteiger partial charge in [-0.05, 0) is 109 Å². The van der Waals surface area contributed by atoms with Crippen LogP contribution in [0.4, 0.5) is 0 Å².